The molecule has 3 rings (SSSR count). The second-order valence-corrected chi connectivity index (χ2v) is 6.68. The van der Waals surface area contributed by atoms with Gasteiger partial charge in [0.05, 0.1) is 6.61 Å². The summed E-state index contributed by atoms with van der Waals surface area (Å²) in [5.74, 6) is 0.676. The highest BCUT2D eigenvalue weighted by Gasteiger charge is 2.24. The summed E-state index contributed by atoms with van der Waals surface area (Å²) in [6, 6.07) is 6.42. The van der Waals surface area contributed by atoms with Gasteiger partial charge in [-0.2, -0.15) is 0 Å². The predicted octanol–water partition coefficient (Wildman–Crippen LogP) is 3.82. The van der Waals surface area contributed by atoms with Crippen LogP contribution < -0.4 is 5.32 Å². The Hall–Kier alpha value is -0.870. The topological polar surface area (TPSA) is 38.3 Å². The van der Waals surface area contributed by atoms with E-state index in [0.29, 0.717) is 17.2 Å². The van der Waals surface area contributed by atoms with Gasteiger partial charge in [0.15, 0.2) is 0 Å². The summed E-state index contributed by atoms with van der Waals surface area (Å²) in [5.41, 5.74) is 3.54. The van der Waals surface area contributed by atoms with Gasteiger partial charge >= 0.3 is 0 Å². The Kier molecular flexibility index (Phi) is 4.41. The van der Waals surface area contributed by atoms with Gasteiger partial charge in [0, 0.05) is 23.5 Å². The first kappa shape index (κ1) is 14.1. The molecule has 2 aliphatic rings. The van der Waals surface area contributed by atoms with Crippen molar-refractivity contribution in [2.45, 2.75) is 36.9 Å². The average molecular weight is 338 g/mol. The van der Waals surface area contributed by atoms with Crippen molar-refractivity contribution >= 4 is 27.5 Å². The van der Waals surface area contributed by atoms with E-state index >= 15 is 0 Å². The molecule has 2 atom stereocenters. The molecule has 0 saturated carbocycles. The van der Waals surface area contributed by atoms with Gasteiger partial charge in [-0.25, -0.2) is 0 Å². The number of aryl methyl sites for hydroxylation is 1. The third kappa shape index (κ3) is 3.07. The number of alkyl halides is 1. The first-order chi connectivity index (χ1) is 9.74. The monoisotopic (exact) mass is 337 g/mol. The van der Waals surface area contributed by atoms with Crippen LogP contribution in [0.5, 0.6) is 0 Å². The lowest BCUT2D eigenvalue weighted by molar-refractivity contribution is -0.116. The van der Waals surface area contributed by atoms with E-state index in [1.807, 2.05) is 6.07 Å². The molecule has 1 aromatic rings. The number of nitrogens with one attached hydrogen (secondary N) is 1. The van der Waals surface area contributed by atoms with Crippen LogP contribution >= 0.6 is 15.9 Å². The fraction of sp³-hybridized carbons (Fsp3) is 0.562. The molecule has 2 unspecified atom stereocenters. The molecule has 0 radical (unpaired) electrons. The van der Waals surface area contributed by atoms with Gasteiger partial charge in [0.2, 0.25) is 5.91 Å². The predicted molar refractivity (Wildman–Crippen MR) is 83.2 cm³/mol. The summed E-state index contributed by atoms with van der Waals surface area (Å²) in [4.78, 5) is 11.9. The number of ether oxygens (including phenoxy) is 1. The maximum atomic E-state index is 11.6. The number of hydrogen-bond donors (Lipinski definition) is 1. The average Bonchev–Trinajstić information content (AvgIpc) is 2.67. The van der Waals surface area contributed by atoms with Crippen LogP contribution in [-0.2, 0) is 16.0 Å². The molecule has 3 nitrogen and oxygen atoms in total. The van der Waals surface area contributed by atoms with E-state index in [1.54, 1.807) is 0 Å². The lowest BCUT2D eigenvalue weighted by atomic mass is 9.92. The van der Waals surface area contributed by atoms with Crippen LogP contribution in [0.2, 0.25) is 0 Å². The molecule has 0 spiro atoms. The molecule has 1 N–H and O–H groups in total. The van der Waals surface area contributed by atoms with Gasteiger partial charge in [-0.1, -0.05) is 28.1 Å². The van der Waals surface area contributed by atoms with Crippen LogP contribution in [-0.4, -0.2) is 19.1 Å². The number of benzene rings is 1. The van der Waals surface area contributed by atoms with Gasteiger partial charge in [0.25, 0.3) is 0 Å². The molecule has 108 valence electrons. The number of carbonyl (C=O) groups excluding carboxylic acids is 1. The second kappa shape index (κ2) is 6.27. The smallest absolute Gasteiger partial charge is 0.224 e. The van der Waals surface area contributed by atoms with E-state index in [0.717, 1.165) is 38.2 Å². The van der Waals surface area contributed by atoms with Gasteiger partial charge in [-0.15, -0.1) is 0 Å². The summed E-state index contributed by atoms with van der Waals surface area (Å²) < 4.78 is 5.58. The lowest BCUT2D eigenvalue weighted by Gasteiger charge is -2.27. The minimum Gasteiger partial charge on any atom is -0.381 e. The van der Waals surface area contributed by atoms with Crippen LogP contribution in [0.4, 0.5) is 5.69 Å². The number of fused-ring (bicyclic) bond motifs is 1. The van der Waals surface area contributed by atoms with Crippen molar-refractivity contribution in [1.29, 1.82) is 0 Å². The van der Waals surface area contributed by atoms with Crippen molar-refractivity contribution in [2.75, 3.05) is 18.5 Å². The molecule has 0 aliphatic carbocycles. The maximum absolute atomic E-state index is 11.6. The van der Waals surface area contributed by atoms with Crippen LogP contribution in [0.3, 0.4) is 0 Å². The Morgan fingerprint density at radius 1 is 1.30 bits per heavy atom. The molecule has 2 aliphatic heterocycles. The third-order valence-corrected chi connectivity index (χ3v) is 5.46. The van der Waals surface area contributed by atoms with Crippen molar-refractivity contribution in [3.63, 3.8) is 0 Å². The minimum atomic E-state index is 0.132. The van der Waals surface area contributed by atoms with E-state index in [-0.39, 0.29) is 5.91 Å². The highest BCUT2D eigenvalue weighted by Crippen LogP contribution is 2.37. The van der Waals surface area contributed by atoms with Crippen molar-refractivity contribution < 1.29 is 9.53 Å². The summed E-state index contributed by atoms with van der Waals surface area (Å²) in [6.45, 7) is 1.73. The number of rotatable bonds is 2. The fourth-order valence-electron chi connectivity index (χ4n) is 3.03. The Bertz CT molecular complexity index is 497. The molecule has 1 aromatic carbocycles. The van der Waals surface area contributed by atoms with Gasteiger partial charge in [-0.3, -0.25) is 4.79 Å². The Morgan fingerprint density at radius 2 is 2.20 bits per heavy atom. The number of hydrogen-bond acceptors (Lipinski definition) is 2. The van der Waals surface area contributed by atoms with E-state index in [9.17, 15) is 4.79 Å². The molecular formula is C16H20BrNO2. The van der Waals surface area contributed by atoms with E-state index in [2.05, 4.69) is 33.4 Å². The molecule has 1 saturated heterocycles. The summed E-state index contributed by atoms with van der Waals surface area (Å²) in [6.07, 6.45) is 4.89. The zero-order valence-electron chi connectivity index (χ0n) is 11.5. The fourth-order valence-corrected chi connectivity index (χ4v) is 3.74. The molecule has 0 aromatic heterocycles. The lowest BCUT2D eigenvalue weighted by Crippen LogP contribution is -2.21. The van der Waals surface area contributed by atoms with Gasteiger partial charge in [-0.05, 0) is 48.8 Å². The van der Waals surface area contributed by atoms with Gasteiger partial charge in [0.1, 0.15) is 0 Å². The quantitative estimate of drug-likeness (QED) is 0.833. The second-order valence-electron chi connectivity index (χ2n) is 5.70. The largest absolute Gasteiger partial charge is 0.381 e. The highest BCUT2D eigenvalue weighted by molar-refractivity contribution is 9.09. The third-order valence-electron chi connectivity index (χ3n) is 4.18. The summed E-state index contributed by atoms with van der Waals surface area (Å²) in [5, 5.41) is 2.99. The van der Waals surface area contributed by atoms with E-state index in [4.69, 9.17) is 4.74 Å². The number of halogens is 1. The van der Waals surface area contributed by atoms with Gasteiger partial charge < -0.3 is 10.1 Å². The Morgan fingerprint density at radius 3 is 3.00 bits per heavy atom. The normalized spacial score (nSPS) is 24.4. The Labute approximate surface area is 128 Å². The molecule has 1 fully saturated rings. The van der Waals surface area contributed by atoms with Crippen molar-refractivity contribution in [1.82, 2.24) is 0 Å². The first-order valence-electron chi connectivity index (χ1n) is 7.38. The number of carbonyl (C=O) groups is 1. The van der Waals surface area contributed by atoms with E-state index < -0.39 is 0 Å². The van der Waals surface area contributed by atoms with Crippen molar-refractivity contribution in [3.8, 4) is 0 Å². The summed E-state index contributed by atoms with van der Waals surface area (Å²) in [7, 11) is 0. The molecular weight excluding hydrogens is 318 g/mol. The molecule has 1 amide bonds. The van der Waals surface area contributed by atoms with Crippen molar-refractivity contribution in [3.05, 3.63) is 29.3 Å². The number of amides is 1. The molecule has 20 heavy (non-hydrogen) atoms. The van der Waals surface area contributed by atoms with Crippen LogP contribution in [0.25, 0.3) is 0 Å². The highest BCUT2D eigenvalue weighted by atomic mass is 79.9. The summed E-state index contributed by atoms with van der Waals surface area (Å²) >= 11 is 3.84. The standard InChI is InChI=1S/C16H20BrNO2/c17-16(13-4-2-8-20-10-13)12-6-7-14-11(9-12)3-1-5-15(19)18-14/h6-7,9,13,16H,1-5,8,10H2,(H,18,19). The van der Waals surface area contributed by atoms with Crippen LogP contribution in [0, 0.1) is 5.92 Å². The van der Waals surface area contributed by atoms with Crippen LogP contribution in [0.15, 0.2) is 18.2 Å². The van der Waals surface area contributed by atoms with Crippen LogP contribution in [0.1, 0.15) is 41.6 Å². The maximum Gasteiger partial charge on any atom is 0.224 e. The van der Waals surface area contributed by atoms with E-state index in [1.165, 1.54) is 17.5 Å². The zero-order chi connectivity index (χ0) is 13.9. The number of anilines is 1. The molecule has 0 bridgehead atoms. The minimum absolute atomic E-state index is 0.132. The van der Waals surface area contributed by atoms with Crippen molar-refractivity contribution in [2.24, 2.45) is 5.92 Å². The first-order valence-corrected chi connectivity index (χ1v) is 8.30. The molecule has 4 heteroatoms. The Balaban J connectivity index is 1.80. The zero-order valence-corrected chi connectivity index (χ0v) is 13.1. The molecule has 2 heterocycles. The SMILES string of the molecule is O=C1CCCc2cc(C(Br)C3CCCOC3)ccc2N1.